The van der Waals surface area contributed by atoms with Crippen LogP contribution in [0.25, 0.3) is 0 Å². The Balaban J connectivity index is 1.57. The molecule has 0 spiro atoms. The summed E-state index contributed by atoms with van der Waals surface area (Å²) in [6.07, 6.45) is 6.32. The van der Waals surface area contributed by atoms with Gasteiger partial charge in [0.1, 0.15) is 11.2 Å². The lowest BCUT2D eigenvalue weighted by molar-refractivity contribution is -0.133. The van der Waals surface area contributed by atoms with Crippen LogP contribution in [0.15, 0.2) is 30.6 Å². The van der Waals surface area contributed by atoms with E-state index in [-0.39, 0.29) is 42.3 Å². The van der Waals surface area contributed by atoms with Crippen molar-refractivity contribution in [1.29, 1.82) is 0 Å². The van der Waals surface area contributed by atoms with Gasteiger partial charge in [0.25, 0.3) is 11.8 Å². The third-order valence-electron chi connectivity index (χ3n) is 6.60. The van der Waals surface area contributed by atoms with Crippen molar-refractivity contribution in [1.82, 2.24) is 25.1 Å². The van der Waals surface area contributed by atoms with Crippen molar-refractivity contribution < 1.29 is 14.4 Å². The first kappa shape index (κ1) is 23.3. The maximum absolute atomic E-state index is 13.6. The highest BCUT2D eigenvalue weighted by molar-refractivity contribution is 6.31. The minimum absolute atomic E-state index is 0.0615. The minimum atomic E-state index is -1.05. The maximum atomic E-state index is 13.6. The summed E-state index contributed by atoms with van der Waals surface area (Å²) in [5, 5.41) is 6.50. The van der Waals surface area contributed by atoms with E-state index in [1.807, 2.05) is 25.1 Å². The van der Waals surface area contributed by atoms with E-state index in [1.165, 1.54) is 6.33 Å². The van der Waals surface area contributed by atoms with Gasteiger partial charge in [-0.1, -0.05) is 49.6 Å². The maximum Gasteiger partial charge on any atom is 0.273 e. The quantitative estimate of drug-likeness (QED) is 0.648. The fourth-order valence-electron chi connectivity index (χ4n) is 4.74. The van der Waals surface area contributed by atoms with Gasteiger partial charge >= 0.3 is 0 Å². The number of aromatic nitrogens is 2. The first-order chi connectivity index (χ1) is 15.8. The number of rotatable bonds is 7. The first-order valence-corrected chi connectivity index (χ1v) is 11.9. The van der Waals surface area contributed by atoms with Crippen molar-refractivity contribution in [2.45, 2.75) is 70.6 Å². The predicted octanol–water partition coefficient (Wildman–Crippen LogP) is 3.15. The largest absolute Gasteiger partial charge is 0.351 e. The summed E-state index contributed by atoms with van der Waals surface area (Å²) in [5.74, 6) is -0.958. The molecule has 0 unspecified atom stereocenters. The van der Waals surface area contributed by atoms with Gasteiger partial charge in [0.15, 0.2) is 5.69 Å². The highest BCUT2D eigenvalue weighted by Crippen LogP contribution is 2.30. The number of hydrogen-bond donors (Lipinski definition) is 2. The van der Waals surface area contributed by atoms with Gasteiger partial charge < -0.3 is 20.1 Å². The predicted molar refractivity (Wildman–Crippen MR) is 125 cm³/mol. The molecule has 4 rings (SSSR count). The fraction of sp³-hybridized carbons (Fsp3) is 0.500. The van der Waals surface area contributed by atoms with Gasteiger partial charge in [0.05, 0.1) is 12.9 Å². The zero-order valence-electron chi connectivity index (χ0n) is 19.1. The third-order valence-corrected chi connectivity index (χ3v) is 6.97. The molecule has 1 atom stereocenters. The van der Waals surface area contributed by atoms with E-state index in [9.17, 15) is 14.4 Å². The van der Waals surface area contributed by atoms with Crippen LogP contribution in [0.5, 0.6) is 0 Å². The van der Waals surface area contributed by atoms with E-state index in [0.717, 1.165) is 31.2 Å². The number of nitrogens with zero attached hydrogens (tertiary/aromatic N) is 3. The zero-order chi connectivity index (χ0) is 23.6. The number of benzene rings is 1. The minimum Gasteiger partial charge on any atom is -0.351 e. The summed E-state index contributed by atoms with van der Waals surface area (Å²) < 4.78 is 1.63. The number of imidazole rings is 1. The molecule has 2 N–H and O–H groups in total. The SMILES string of the molecule is CCCN1C(=O)c2c(C(=O)NCc3ccccc3Cl)ncn2C[C@]1(C)C(=O)NC1CCCC1. The molecule has 1 saturated carbocycles. The molecule has 1 aromatic heterocycles. The number of amides is 3. The highest BCUT2D eigenvalue weighted by atomic mass is 35.5. The molecular weight excluding hydrogens is 442 g/mol. The molecule has 0 bridgehead atoms. The van der Waals surface area contributed by atoms with E-state index in [0.29, 0.717) is 18.0 Å². The Morgan fingerprint density at radius 1 is 1.24 bits per heavy atom. The summed E-state index contributed by atoms with van der Waals surface area (Å²) in [5.41, 5.74) is 0.00246. The van der Waals surface area contributed by atoms with E-state index in [1.54, 1.807) is 22.5 Å². The molecule has 33 heavy (non-hydrogen) atoms. The fourth-order valence-corrected chi connectivity index (χ4v) is 4.94. The molecule has 2 heterocycles. The zero-order valence-corrected chi connectivity index (χ0v) is 19.8. The molecule has 1 aromatic carbocycles. The second-order valence-electron chi connectivity index (χ2n) is 9.03. The van der Waals surface area contributed by atoms with Gasteiger partial charge in [-0.3, -0.25) is 14.4 Å². The first-order valence-electron chi connectivity index (χ1n) is 11.5. The van der Waals surface area contributed by atoms with Gasteiger partial charge in [0, 0.05) is 24.2 Å². The number of hydrogen-bond acceptors (Lipinski definition) is 4. The van der Waals surface area contributed by atoms with Crippen LogP contribution in [0.2, 0.25) is 5.02 Å². The molecule has 0 radical (unpaired) electrons. The van der Waals surface area contributed by atoms with Crippen molar-refractivity contribution in [2.75, 3.05) is 6.54 Å². The Labute approximate surface area is 198 Å². The summed E-state index contributed by atoms with van der Waals surface area (Å²) >= 11 is 6.18. The van der Waals surface area contributed by atoms with Gasteiger partial charge in [-0.25, -0.2) is 4.98 Å². The number of carbonyl (C=O) groups excluding carboxylic acids is 3. The average Bonchev–Trinajstić information content (AvgIpc) is 3.45. The van der Waals surface area contributed by atoms with Crippen LogP contribution in [0.3, 0.4) is 0 Å². The van der Waals surface area contributed by atoms with Crippen LogP contribution >= 0.6 is 11.6 Å². The second kappa shape index (κ2) is 9.55. The van der Waals surface area contributed by atoms with Gasteiger partial charge in [-0.05, 0) is 37.8 Å². The molecule has 1 aliphatic carbocycles. The van der Waals surface area contributed by atoms with Gasteiger partial charge in [0.2, 0.25) is 5.91 Å². The normalized spacial score (nSPS) is 20.6. The molecule has 1 aliphatic heterocycles. The molecule has 0 saturated heterocycles. The topological polar surface area (TPSA) is 96.3 Å². The van der Waals surface area contributed by atoms with Crippen molar-refractivity contribution in [3.63, 3.8) is 0 Å². The van der Waals surface area contributed by atoms with Crippen molar-refractivity contribution in [2.24, 2.45) is 0 Å². The van der Waals surface area contributed by atoms with Crippen LogP contribution in [0.4, 0.5) is 0 Å². The molecule has 3 amide bonds. The Hall–Kier alpha value is -2.87. The lowest BCUT2D eigenvalue weighted by atomic mass is 9.93. The number of nitrogens with one attached hydrogen (secondary N) is 2. The molecule has 2 aliphatic rings. The Morgan fingerprint density at radius 3 is 2.67 bits per heavy atom. The van der Waals surface area contributed by atoms with Gasteiger partial charge in [-0.15, -0.1) is 0 Å². The lowest BCUT2D eigenvalue weighted by Crippen LogP contribution is -2.65. The molecule has 8 nitrogen and oxygen atoms in total. The Bertz CT molecular complexity index is 1060. The van der Waals surface area contributed by atoms with Crippen molar-refractivity contribution in [3.8, 4) is 0 Å². The van der Waals surface area contributed by atoms with Crippen molar-refractivity contribution in [3.05, 3.63) is 52.6 Å². The molecule has 9 heteroatoms. The highest BCUT2D eigenvalue weighted by Gasteiger charge is 2.48. The number of fused-ring (bicyclic) bond motifs is 1. The standard InChI is InChI=1S/C24H30ClN5O3/c1-3-12-30-22(32)20-19(21(31)26-13-16-8-4-7-11-18(16)25)27-15-29(20)14-24(30,2)23(33)28-17-9-5-6-10-17/h4,7-8,11,15,17H,3,5-6,9-10,12-14H2,1-2H3,(H,26,31)(H,28,33)/t24-/m1/s1. The summed E-state index contributed by atoms with van der Waals surface area (Å²) in [6, 6.07) is 7.40. The van der Waals surface area contributed by atoms with E-state index in [2.05, 4.69) is 15.6 Å². The summed E-state index contributed by atoms with van der Waals surface area (Å²) in [6.45, 7) is 4.65. The van der Waals surface area contributed by atoms with Crippen LogP contribution in [-0.4, -0.2) is 50.3 Å². The second-order valence-corrected chi connectivity index (χ2v) is 9.44. The third kappa shape index (κ3) is 4.49. The lowest BCUT2D eigenvalue weighted by Gasteiger charge is -2.44. The van der Waals surface area contributed by atoms with Crippen LogP contribution in [-0.2, 0) is 17.9 Å². The average molecular weight is 472 g/mol. The Kier molecular flexibility index (Phi) is 6.74. The van der Waals surface area contributed by atoms with Crippen LogP contribution in [0, 0.1) is 0 Å². The summed E-state index contributed by atoms with van der Waals surface area (Å²) in [4.78, 5) is 45.6. The summed E-state index contributed by atoms with van der Waals surface area (Å²) in [7, 11) is 0. The number of carbonyl (C=O) groups is 3. The Morgan fingerprint density at radius 2 is 1.97 bits per heavy atom. The number of halogens is 1. The van der Waals surface area contributed by atoms with Crippen LogP contribution in [0.1, 0.15) is 72.5 Å². The van der Waals surface area contributed by atoms with E-state index >= 15 is 0 Å². The molecule has 1 fully saturated rings. The molecule has 176 valence electrons. The smallest absolute Gasteiger partial charge is 0.273 e. The van der Waals surface area contributed by atoms with E-state index < -0.39 is 11.4 Å². The van der Waals surface area contributed by atoms with Crippen LogP contribution < -0.4 is 10.6 Å². The monoisotopic (exact) mass is 471 g/mol. The van der Waals surface area contributed by atoms with Crippen molar-refractivity contribution >= 4 is 29.3 Å². The molecule has 2 aromatic rings. The van der Waals surface area contributed by atoms with E-state index in [4.69, 9.17) is 11.6 Å². The molecular formula is C24H30ClN5O3. The van der Waals surface area contributed by atoms with Gasteiger partial charge in [-0.2, -0.15) is 0 Å².